The highest BCUT2D eigenvalue weighted by Crippen LogP contribution is 2.29. The van der Waals surface area contributed by atoms with E-state index < -0.39 is 10.1 Å². The van der Waals surface area contributed by atoms with E-state index in [-0.39, 0.29) is 4.90 Å². The van der Waals surface area contributed by atoms with Gasteiger partial charge in [0.05, 0.1) is 0 Å². The van der Waals surface area contributed by atoms with Crippen LogP contribution in [0.25, 0.3) is 10.8 Å². The summed E-state index contributed by atoms with van der Waals surface area (Å²) < 4.78 is 31.3. The van der Waals surface area contributed by atoms with Crippen LogP contribution in [0.15, 0.2) is 35.2 Å². The van der Waals surface area contributed by atoms with E-state index in [4.69, 9.17) is 16.0 Å². The molecule has 0 fully saturated rings. The van der Waals surface area contributed by atoms with Crippen LogP contribution in [0.5, 0.6) is 0 Å². The molecule has 0 amide bonds. The first-order valence-electron chi connectivity index (χ1n) is 4.45. The van der Waals surface area contributed by atoms with Crippen LogP contribution in [-0.4, -0.2) is 13.0 Å². The molecule has 0 aliphatic heterocycles. The normalized spacial score (nSPS) is 11.8. The van der Waals surface area contributed by atoms with Gasteiger partial charge in [-0.1, -0.05) is 6.07 Å². The Morgan fingerprint density at radius 3 is 2.31 bits per heavy atom. The van der Waals surface area contributed by atoms with E-state index in [1.54, 1.807) is 12.1 Å². The van der Waals surface area contributed by atoms with Crippen molar-refractivity contribution in [1.82, 2.24) is 0 Å². The fraction of sp³-hybridized carbons (Fsp3) is 0. The number of fused-ring (bicyclic) bond motifs is 1. The lowest BCUT2D eigenvalue weighted by Gasteiger charge is -2.07. The van der Waals surface area contributed by atoms with Crippen LogP contribution in [0.4, 0.5) is 11.4 Å². The molecule has 0 heterocycles. The van der Waals surface area contributed by atoms with Crippen molar-refractivity contribution in [3.05, 3.63) is 30.3 Å². The molecule has 0 aliphatic rings. The number of hydrogen-bond acceptors (Lipinski definition) is 4. The first-order chi connectivity index (χ1) is 7.39. The van der Waals surface area contributed by atoms with Gasteiger partial charge in [-0.05, 0) is 24.3 Å². The predicted octanol–water partition coefficient (Wildman–Crippen LogP) is 1.25. The molecule has 2 rings (SSSR count). The van der Waals surface area contributed by atoms with Gasteiger partial charge in [-0.15, -0.1) is 0 Å². The van der Waals surface area contributed by atoms with Crippen molar-refractivity contribution >= 4 is 32.3 Å². The van der Waals surface area contributed by atoms with Crippen molar-refractivity contribution in [2.75, 3.05) is 11.5 Å². The highest BCUT2D eigenvalue weighted by Gasteiger charge is 2.15. The lowest BCUT2D eigenvalue weighted by Crippen LogP contribution is -2.01. The first kappa shape index (κ1) is 10.7. The maximum Gasteiger partial charge on any atom is 0.295 e. The number of anilines is 2. The predicted molar refractivity (Wildman–Crippen MR) is 62.6 cm³/mol. The van der Waals surface area contributed by atoms with Gasteiger partial charge in [0, 0.05) is 22.1 Å². The third-order valence-electron chi connectivity index (χ3n) is 2.31. The monoisotopic (exact) mass is 238 g/mol. The molecule has 0 atom stereocenters. The second kappa shape index (κ2) is 3.36. The number of nitrogen functional groups attached to an aromatic ring is 2. The van der Waals surface area contributed by atoms with Crippen LogP contribution in [0, 0.1) is 0 Å². The van der Waals surface area contributed by atoms with Crippen molar-refractivity contribution in [3.63, 3.8) is 0 Å². The summed E-state index contributed by atoms with van der Waals surface area (Å²) in [6, 6.07) is 7.39. The molecule has 16 heavy (non-hydrogen) atoms. The van der Waals surface area contributed by atoms with Gasteiger partial charge >= 0.3 is 0 Å². The van der Waals surface area contributed by atoms with Crippen molar-refractivity contribution in [1.29, 1.82) is 0 Å². The van der Waals surface area contributed by atoms with Crippen LogP contribution >= 0.6 is 0 Å². The Bertz CT molecular complexity index is 665. The minimum absolute atomic E-state index is 0.191. The van der Waals surface area contributed by atoms with E-state index in [2.05, 4.69) is 0 Å². The van der Waals surface area contributed by atoms with Gasteiger partial charge in [-0.25, -0.2) is 0 Å². The fourth-order valence-electron chi connectivity index (χ4n) is 1.59. The Morgan fingerprint density at radius 1 is 1.00 bits per heavy atom. The second-order valence-corrected chi connectivity index (χ2v) is 4.82. The molecule has 0 aliphatic carbocycles. The fourth-order valence-corrected chi connectivity index (χ4v) is 2.27. The summed E-state index contributed by atoms with van der Waals surface area (Å²) in [7, 11) is -4.27. The average molecular weight is 238 g/mol. The third-order valence-corrected chi connectivity index (χ3v) is 3.22. The van der Waals surface area contributed by atoms with Crippen LogP contribution in [0.2, 0.25) is 0 Å². The van der Waals surface area contributed by atoms with Crippen LogP contribution in [0.1, 0.15) is 0 Å². The van der Waals surface area contributed by atoms with Crippen LogP contribution in [0.3, 0.4) is 0 Å². The van der Waals surface area contributed by atoms with Gasteiger partial charge in [0.1, 0.15) is 4.90 Å². The Balaban J connectivity index is 2.98. The Morgan fingerprint density at radius 2 is 1.69 bits per heavy atom. The zero-order chi connectivity index (χ0) is 11.9. The number of benzene rings is 2. The molecule has 0 aromatic heterocycles. The summed E-state index contributed by atoms with van der Waals surface area (Å²) in [5.41, 5.74) is 12.1. The zero-order valence-corrected chi connectivity index (χ0v) is 9.03. The molecule has 0 spiro atoms. The van der Waals surface area contributed by atoms with Gasteiger partial charge in [0.2, 0.25) is 0 Å². The second-order valence-electron chi connectivity index (χ2n) is 3.43. The maximum atomic E-state index is 11.1. The molecule has 0 radical (unpaired) electrons. The van der Waals surface area contributed by atoms with E-state index in [1.807, 2.05) is 0 Å². The minimum atomic E-state index is -4.27. The van der Waals surface area contributed by atoms with E-state index in [0.29, 0.717) is 22.1 Å². The Hall–Kier alpha value is -1.79. The maximum absolute atomic E-state index is 11.1. The average Bonchev–Trinajstić information content (AvgIpc) is 2.15. The van der Waals surface area contributed by atoms with E-state index >= 15 is 0 Å². The lowest BCUT2D eigenvalue weighted by atomic mass is 10.1. The third kappa shape index (κ3) is 1.68. The summed E-state index contributed by atoms with van der Waals surface area (Å²) in [5.74, 6) is 0. The van der Waals surface area contributed by atoms with Gasteiger partial charge in [0.25, 0.3) is 10.1 Å². The molecular weight excluding hydrogens is 228 g/mol. The highest BCUT2D eigenvalue weighted by atomic mass is 32.2. The van der Waals surface area contributed by atoms with Crippen molar-refractivity contribution in [2.24, 2.45) is 0 Å². The largest absolute Gasteiger partial charge is 0.399 e. The molecule has 0 saturated heterocycles. The SMILES string of the molecule is Nc1ccc2c(N)ccc(S(=O)(=O)O)c2c1. The lowest BCUT2D eigenvalue weighted by molar-refractivity contribution is 0.484. The van der Waals surface area contributed by atoms with Crippen LogP contribution < -0.4 is 11.5 Å². The Kier molecular flexibility index (Phi) is 2.25. The molecule has 2 aromatic carbocycles. The van der Waals surface area contributed by atoms with E-state index in [9.17, 15) is 8.42 Å². The summed E-state index contributed by atoms with van der Waals surface area (Å²) in [6.45, 7) is 0. The van der Waals surface area contributed by atoms with Crippen molar-refractivity contribution < 1.29 is 13.0 Å². The molecule has 0 unspecified atom stereocenters. The zero-order valence-electron chi connectivity index (χ0n) is 8.21. The molecular formula is C10H10N2O3S. The van der Waals surface area contributed by atoms with Crippen molar-refractivity contribution in [2.45, 2.75) is 4.90 Å². The summed E-state index contributed by atoms with van der Waals surface area (Å²) in [6.07, 6.45) is 0. The van der Waals surface area contributed by atoms with Gasteiger partial charge in [-0.2, -0.15) is 8.42 Å². The van der Waals surface area contributed by atoms with E-state index in [1.165, 1.54) is 18.2 Å². The highest BCUT2D eigenvalue weighted by molar-refractivity contribution is 7.86. The molecule has 6 heteroatoms. The molecule has 5 N–H and O–H groups in total. The Labute approximate surface area is 92.4 Å². The van der Waals surface area contributed by atoms with Gasteiger partial charge in [-0.3, -0.25) is 4.55 Å². The topological polar surface area (TPSA) is 106 Å². The molecule has 84 valence electrons. The standard InChI is InChI=1S/C10H10N2O3S/c11-6-1-2-7-8(5-6)10(16(13,14)15)4-3-9(7)12/h1-5H,11-12H2,(H,13,14,15). The van der Waals surface area contributed by atoms with Gasteiger partial charge < -0.3 is 11.5 Å². The quantitative estimate of drug-likeness (QED) is 0.512. The summed E-state index contributed by atoms with van der Waals surface area (Å²) in [4.78, 5) is -0.191. The molecule has 2 aromatic rings. The summed E-state index contributed by atoms with van der Waals surface area (Å²) in [5, 5.41) is 0.867. The molecule has 0 saturated carbocycles. The smallest absolute Gasteiger partial charge is 0.295 e. The molecule has 0 bridgehead atoms. The number of rotatable bonds is 1. The minimum Gasteiger partial charge on any atom is -0.399 e. The van der Waals surface area contributed by atoms with E-state index in [0.717, 1.165) is 0 Å². The number of hydrogen-bond donors (Lipinski definition) is 3. The number of nitrogens with two attached hydrogens (primary N) is 2. The van der Waals surface area contributed by atoms with Crippen LogP contribution in [-0.2, 0) is 10.1 Å². The summed E-state index contributed by atoms with van der Waals surface area (Å²) >= 11 is 0. The molecule has 5 nitrogen and oxygen atoms in total. The van der Waals surface area contributed by atoms with Gasteiger partial charge in [0.15, 0.2) is 0 Å². The van der Waals surface area contributed by atoms with Crippen molar-refractivity contribution in [3.8, 4) is 0 Å². The first-order valence-corrected chi connectivity index (χ1v) is 5.89.